The molecular weight excluding hydrogens is 366 g/mol. The second-order valence-electron chi connectivity index (χ2n) is 7.47. The second kappa shape index (κ2) is 6.75. The first-order valence-electron chi connectivity index (χ1n) is 8.40. The minimum atomic E-state index is -0.460. The van der Waals surface area contributed by atoms with Crippen molar-refractivity contribution in [3.05, 3.63) is 48.0 Å². The summed E-state index contributed by atoms with van der Waals surface area (Å²) in [6, 6.07) is 14.9. The smallest absolute Gasteiger partial charge is 0.410 e. The summed E-state index contributed by atoms with van der Waals surface area (Å²) in [5, 5.41) is 3.40. The van der Waals surface area contributed by atoms with E-state index in [0.717, 1.165) is 11.9 Å². The molecular formula is C20H24BrNO2. The minimum absolute atomic E-state index is 0.212. The van der Waals surface area contributed by atoms with Crippen LogP contribution in [-0.4, -0.2) is 35.0 Å². The van der Waals surface area contributed by atoms with Gasteiger partial charge < -0.3 is 9.64 Å². The van der Waals surface area contributed by atoms with Gasteiger partial charge in [0.15, 0.2) is 0 Å². The summed E-state index contributed by atoms with van der Waals surface area (Å²) in [4.78, 5) is 14.3. The number of nitrogens with zero attached hydrogens (tertiary/aromatic N) is 1. The molecule has 2 aromatic rings. The van der Waals surface area contributed by atoms with Crippen molar-refractivity contribution >= 4 is 32.8 Å². The summed E-state index contributed by atoms with van der Waals surface area (Å²) >= 11 is 3.64. The number of likely N-dealkylation sites (tertiary alicyclic amines) is 1. The van der Waals surface area contributed by atoms with Gasteiger partial charge in [-0.05, 0) is 43.0 Å². The van der Waals surface area contributed by atoms with E-state index in [2.05, 4.69) is 58.4 Å². The van der Waals surface area contributed by atoms with Crippen LogP contribution in [0.1, 0.15) is 32.3 Å². The molecule has 0 aromatic heterocycles. The van der Waals surface area contributed by atoms with Crippen LogP contribution < -0.4 is 0 Å². The van der Waals surface area contributed by atoms with Crippen LogP contribution in [-0.2, 0) is 4.74 Å². The molecule has 3 rings (SSSR count). The molecule has 0 N–H and O–H groups in total. The number of hydrogen-bond donors (Lipinski definition) is 0. The molecule has 0 bridgehead atoms. The van der Waals surface area contributed by atoms with Crippen LogP contribution in [0, 0.1) is 5.92 Å². The highest BCUT2D eigenvalue weighted by Crippen LogP contribution is 2.37. The van der Waals surface area contributed by atoms with Crippen LogP contribution in [0.5, 0.6) is 0 Å². The summed E-state index contributed by atoms with van der Waals surface area (Å²) in [7, 11) is 0. The molecule has 128 valence electrons. The lowest BCUT2D eigenvalue weighted by molar-refractivity contribution is 0.0288. The van der Waals surface area contributed by atoms with E-state index in [1.54, 1.807) is 0 Å². The molecule has 0 unspecified atom stereocenters. The molecule has 1 aliphatic heterocycles. The highest BCUT2D eigenvalue weighted by Gasteiger charge is 2.37. The van der Waals surface area contributed by atoms with Crippen LogP contribution in [0.2, 0.25) is 0 Å². The van der Waals surface area contributed by atoms with Crippen molar-refractivity contribution in [3.63, 3.8) is 0 Å². The van der Waals surface area contributed by atoms with Crippen LogP contribution in [0.3, 0.4) is 0 Å². The molecule has 4 heteroatoms. The first-order valence-corrected chi connectivity index (χ1v) is 9.53. The molecule has 1 aliphatic rings. The van der Waals surface area contributed by atoms with E-state index < -0.39 is 5.60 Å². The molecule has 1 saturated heterocycles. The predicted octanol–water partition coefficient (Wildman–Crippen LogP) is 5.19. The third kappa shape index (κ3) is 3.59. The zero-order chi connectivity index (χ0) is 17.3. The maximum absolute atomic E-state index is 12.5. The maximum atomic E-state index is 12.5. The standard InChI is InChI=1S/C20H24BrNO2/c1-20(2,3)24-19(23)22-12-15(11-21)18(13-22)17-10-6-8-14-7-4-5-9-16(14)17/h4-10,15,18H,11-13H2,1-3H3/t15-,18-/m1/s1. The van der Waals surface area contributed by atoms with E-state index in [1.165, 1.54) is 16.3 Å². The number of benzene rings is 2. The lowest BCUT2D eigenvalue weighted by Crippen LogP contribution is -2.35. The Morgan fingerprint density at radius 3 is 2.58 bits per heavy atom. The Bertz CT molecular complexity index is 732. The van der Waals surface area contributed by atoms with Crippen molar-refractivity contribution in [1.29, 1.82) is 0 Å². The minimum Gasteiger partial charge on any atom is -0.444 e. The van der Waals surface area contributed by atoms with Crippen molar-refractivity contribution in [2.24, 2.45) is 5.92 Å². The monoisotopic (exact) mass is 389 g/mol. The highest BCUT2D eigenvalue weighted by atomic mass is 79.9. The number of fused-ring (bicyclic) bond motifs is 1. The first-order chi connectivity index (χ1) is 11.4. The quantitative estimate of drug-likeness (QED) is 0.661. The van der Waals surface area contributed by atoms with E-state index in [1.807, 2.05) is 25.7 Å². The van der Waals surface area contributed by atoms with Crippen LogP contribution in [0.4, 0.5) is 4.79 Å². The Kier molecular flexibility index (Phi) is 4.86. The van der Waals surface area contributed by atoms with E-state index in [9.17, 15) is 4.79 Å². The number of carbonyl (C=O) groups is 1. The zero-order valence-corrected chi connectivity index (χ0v) is 16.0. The van der Waals surface area contributed by atoms with Gasteiger partial charge in [-0.25, -0.2) is 4.79 Å². The van der Waals surface area contributed by atoms with E-state index in [-0.39, 0.29) is 6.09 Å². The Hall–Kier alpha value is -1.55. The summed E-state index contributed by atoms with van der Waals surface area (Å²) in [5.74, 6) is 0.714. The van der Waals surface area contributed by atoms with Crippen molar-refractivity contribution in [3.8, 4) is 0 Å². The lowest BCUT2D eigenvalue weighted by atomic mass is 9.87. The van der Waals surface area contributed by atoms with Crippen molar-refractivity contribution in [1.82, 2.24) is 4.90 Å². The average molecular weight is 390 g/mol. The number of rotatable bonds is 2. The zero-order valence-electron chi connectivity index (χ0n) is 14.5. The van der Waals surface area contributed by atoms with E-state index in [0.29, 0.717) is 18.4 Å². The Morgan fingerprint density at radius 1 is 1.17 bits per heavy atom. The number of halogens is 1. The van der Waals surface area contributed by atoms with Gasteiger partial charge in [0, 0.05) is 24.3 Å². The molecule has 2 atom stereocenters. The van der Waals surface area contributed by atoms with E-state index >= 15 is 0 Å². The van der Waals surface area contributed by atoms with Gasteiger partial charge in [0.2, 0.25) is 0 Å². The van der Waals surface area contributed by atoms with Crippen LogP contribution in [0.15, 0.2) is 42.5 Å². The molecule has 0 aliphatic carbocycles. The Balaban J connectivity index is 1.88. The summed E-state index contributed by atoms with van der Waals surface area (Å²) in [6.07, 6.45) is -0.212. The SMILES string of the molecule is CC(C)(C)OC(=O)N1C[C@@H](CBr)[C@H](c2cccc3ccccc23)C1. The van der Waals surface area contributed by atoms with Gasteiger partial charge >= 0.3 is 6.09 Å². The maximum Gasteiger partial charge on any atom is 0.410 e. The van der Waals surface area contributed by atoms with Crippen LogP contribution >= 0.6 is 15.9 Å². The van der Waals surface area contributed by atoms with Crippen LogP contribution in [0.25, 0.3) is 10.8 Å². The largest absolute Gasteiger partial charge is 0.444 e. The fourth-order valence-corrected chi connectivity index (χ4v) is 4.09. The molecule has 0 radical (unpaired) electrons. The number of amides is 1. The molecule has 1 heterocycles. The summed E-state index contributed by atoms with van der Waals surface area (Å²) in [5.41, 5.74) is 0.863. The molecule has 0 spiro atoms. The Labute approximate surface area is 152 Å². The number of hydrogen-bond acceptors (Lipinski definition) is 2. The van der Waals surface area contributed by atoms with Gasteiger partial charge in [-0.3, -0.25) is 0 Å². The molecule has 24 heavy (non-hydrogen) atoms. The van der Waals surface area contributed by atoms with Gasteiger partial charge in [0.05, 0.1) is 0 Å². The predicted molar refractivity (Wildman–Crippen MR) is 102 cm³/mol. The average Bonchev–Trinajstić information content (AvgIpc) is 2.97. The van der Waals surface area contributed by atoms with Crippen molar-refractivity contribution < 1.29 is 9.53 Å². The van der Waals surface area contributed by atoms with Gasteiger partial charge in [0.1, 0.15) is 5.60 Å². The third-order valence-electron chi connectivity index (χ3n) is 4.51. The fourth-order valence-electron chi connectivity index (χ4n) is 3.43. The van der Waals surface area contributed by atoms with Gasteiger partial charge in [-0.2, -0.15) is 0 Å². The van der Waals surface area contributed by atoms with Gasteiger partial charge in [-0.1, -0.05) is 58.4 Å². The molecule has 2 aromatic carbocycles. The second-order valence-corrected chi connectivity index (χ2v) is 8.12. The highest BCUT2D eigenvalue weighted by molar-refractivity contribution is 9.09. The summed E-state index contributed by atoms with van der Waals surface area (Å²) < 4.78 is 5.56. The molecule has 1 amide bonds. The van der Waals surface area contributed by atoms with Gasteiger partial charge in [-0.15, -0.1) is 0 Å². The number of alkyl halides is 1. The topological polar surface area (TPSA) is 29.5 Å². The van der Waals surface area contributed by atoms with E-state index in [4.69, 9.17) is 4.74 Å². The number of carbonyl (C=O) groups excluding carboxylic acids is 1. The Morgan fingerprint density at radius 2 is 1.88 bits per heavy atom. The van der Waals surface area contributed by atoms with Gasteiger partial charge in [0.25, 0.3) is 0 Å². The summed E-state index contributed by atoms with van der Waals surface area (Å²) in [6.45, 7) is 7.16. The molecule has 0 saturated carbocycles. The first kappa shape index (κ1) is 17.3. The fraction of sp³-hybridized carbons (Fsp3) is 0.450. The normalized spacial score (nSPS) is 21.2. The van der Waals surface area contributed by atoms with Crippen molar-refractivity contribution in [2.75, 3.05) is 18.4 Å². The molecule has 1 fully saturated rings. The molecule has 3 nitrogen and oxygen atoms in total. The third-order valence-corrected chi connectivity index (χ3v) is 5.35. The lowest BCUT2D eigenvalue weighted by Gasteiger charge is -2.24. The van der Waals surface area contributed by atoms with Crippen molar-refractivity contribution in [2.45, 2.75) is 32.3 Å². The number of ether oxygens (including phenoxy) is 1.